The van der Waals surface area contributed by atoms with Gasteiger partial charge in [0.15, 0.2) is 0 Å². The van der Waals surface area contributed by atoms with Crippen LogP contribution in [0.4, 0.5) is 0 Å². The highest BCUT2D eigenvalue weighted by molar-refractivity contribution is 9.10. The lowest BCUT2D eigenvalue weighted by Gasteiger charge is -2.25. The molecule has 25 heavy (non-hydrogen) atoms. The Morgan fingerprint density at radius 3 is 2.40 bits per heavy atom. The molecule has 0 saturated carbocycles. The van der Waals surface area contributed by atoms with Crippen LogP contribution in [0.25, 0.3) is 5.69 Å². The quantitative estimate of drug-likeness (QED) is 0.633. The van der Waals surface area contributed by atoms with E-state index in [1.54, 1.807) is 42.3 Å². The van der Waals surface area contributed by atoms with Crippen molar-refractivity contribution in [3.8, 4) is 5.69 Å². The second kappa shape index (κ2) is 7.07. The minimum absolute atomic E-state index is 0.253. The summed E-state index contributed by atoms with van der Waals surface area (Å²) in [6, 6.07) is 14.1. The third kappa shape index (κ3) is 3.51. The van der Waals surface area contributed by atoms with Gasteiger partial charge in [-0.3, -0.25) is 0 Å². The van der Waals surface area contributed by atoms with Gasteiger partial charge in [-0.15, -0.1) is 0 Å². The lowest BCUT2D eigenvalue weighted by Crippen LogP contribution is -2.30. The van der Waals surface area contributed by atoms with Crippen LogP contribution in [-0.4, -0.2) is 34.5 Å². The van der Waals surface area contributed by atoms with Crippen LogP contribution in [0, 0.1) is 0 Å². The molecule has 1 aromatic heterocycles. The summed E-state index contributed by atoms with van der Waals surface area (Å²) in [5.41, 5.74) is 1.76. The van der Waals surface area contributed by atoms with E-state index in [9.17, 15) is 8.42 Å². The summed E-state index contributed by atoms with van der Waals surface area (Å²) >= 11 is 3.32. The zero-order chi connectivity index (χ0) is 18.0. The standard InChI is InChI=1S/C17H17BrN4O2S/c1-13(14-7-9-15(10-8-14)22-12-19-11-20-22)21(2)25(23,24)17-6-4-3-5-16(17)18/h3-13H,1-2H3. The molecule has 0 fully saturated rings. The van der Waals surface area contributed by atoms with Gasteiger partial charge in [-0.25, -0.2) is 18.1 Å². The first-order chi connectivity index (χ1) is 11.9. The van der Waals surface area contributed by atoms with Gasteiger partial charge in [0.25, 0.3) is 0 Å². The van der Waals surface area contributed by atoms with E-state index in [1.807, 2.05) is 31.2 Å². The maximum absolute atomic E-state index is 12.9. The Bertz CT molecular complexity index is 957. The van der Waals surface area contributed by atoms with E-state index in [0.717, 1.165) is 11.3 Å². The van der Waals surface area contributed by atoms with E-state index in [0.29, 0.717) is 4.47 Å². The van der Waals surface area contributed by atoms with Crippen molar-refractivity contribution in [1.82, 2.24) is 19.1 Å². The third-order valence-electron chi connectivity index (χ3n) is 4.10. The van der Waals surface area contributed by atoms with Crippen molar-refractivity contribution in [3.63, 3.8) is 0 Å². The van der Waals surface area contributed by atoms with E-state index < -0.39 is 10.0 Å². The van der Waals surface area contributed by atoms with Crippen LogP contribution in [0.2, 0.25) is 0 Å². The van der Waals surface area contributed by atoms with Crippen LogP contribution in [0.15, 0.2) is 70.6 Å². The van der Waals surface area contributed by atoms with Gasteiger partial charge in [-0.05, 0) is 52.7 Å². The first-order valence-electron chi connectivity index (χ1n) is 7.59. The number of hydrogen-bond acceptors (Lipinski definition) is 4. The topological polar surface area (TPSA) is 68.1 Å². The molecule has 1 heterocycles. The summed E-state index contributed by atoms with van der Waals surface area (Å²) in [5.74, 6) is 0. The Morgan fingerprint density at radius 2 is 1.80 bits per heavy atom. The Labute approximate surface area is 155 Å². The third-order valence-corrected chi connectivity index (χ3v) is 7.04. The van der Waals surface area contributed by atoms with Crippen molar-refractivity contribution in [2.24, 2.45) is 0 Å². The van der Waals surface area contributed by atoms with E-state index in [4.69, 9.17) is 0 Å². The monoisotopic (exact) mass is 420 g/mol. The zero-order valence-electron chi connectivity index (χ0n) is 13.7. The number of rotatable bonds is 5. The van der Waals surface area contributed by atoms with Crippen LogP contribution in [-0.2, 0) is 10.0 Å². The van der Waals surface area contributed by atoms with E-state index in [1.165, 1.54) is 10.6 Å². The first kappa shape index (κ1) is 17.8. The Hall–Kier alpha value is -2.03. The minimum Gasteiger partial charge on any atom is -0.223 e. The van der Waals surface area contributed by atoms with Crippen molar-refractivity contribution >= 4 is 26.0 Å². The molecular weight excluding hydrogens is 404 g/mol. The van der Waals surface area contributed by atoms with Crippen molar-refractivity contribution in [2.75, 3.05) is 7.05 Å². The predicted molar refractivity (Wildman–Crippen MR) is 98.9 cm³/mol. The van der Waals surface area contributed by atoms with E-state index in [2.05, 4.69) is 26.0 Å². The fraction of sp³-hybridized carbons (Fsp3) is 0.176. The van der Waals surface area contributed by atoms with Crippen molar-refractivity contribution in [3.05, 3.63) is 71.2 Å². The van der Waals surface area contributed by atoms with Gasteiger partial charge in [0.2, 0.25) is 10.0 Å². The van der Waals surface area contributed by atoms with E-state index >= 15 is 0 Å². The smallest absolute Gasteiger partial charge is 0.223 e. The van der Waals surface area contributed by atoms with Gasteiger partial charge in [-0.2, -0.15) is 9.40 Å². The van der Waals surface area contributed by atoms with Gasteiger partial charge in [0.05, 0.1) is 10.6 Å². The molecule has 0 N–H and O–H groups in total. The van der Waals surface area contributed by atoms with Crippen molar-refractivity contribution in [1.29, 1.82) is 0 Å². The molecule has 8 heteroatoms. The summed E-state index contributed by atoms with van der Waals surface area (Å²) in [6.07, 6.45) is 3.08. The summed E-state index contributed by atoms with van der Waals surface area (Å²) in [4.78, 5) is 4.17. The predicted octanol–water partition coefficient (Wildman–Crippen LogP) is 3.41. The van der Waals surface area contributed by atoms with Gasteiger partial charge in [0.1, 0.15) is 12.7 Å². The second-order valence-electron chi connectivity index (χ2n) is 5.56. The Morgan fingerprint density at radius 1 is 1.12 bits per heavy atom. The molecule has 2 aromatic carbocycles. The van der Waals surface area contributed by atoms with Crippen LogP contribution >= 0.6 is 15.9 Å². The van der Waals surface area contributed by atoms with Crippen LogP contribution < -0.4 is 0 Å². The summed E-state index contributed by atoms with van der Waals surface area (Å²) in [5, 5.41) is 4.08. The summed E-state index contributed by atoms with van der Waals surface area (Å²) < 4.78 is 29.4. The average Bonchev–Trinajstić information content (AvgIpc) is 3.15. The molecule has 0 aliphatic carbocycles. The highest BCUT2D eigenvalue weighted by Crippen LogP contribution is 2.29. The molecule has 0 aliphatic rings. The molecule has 0 bridgehead atoms. The molecular formula is C17H17BrN4O2S. The summed E-state index contributed by atoms with van der Waals surface area (Å²) in [7, 11) is -2.02. The number of sulfonamides is 1. The maximum Gasteiger partial charge on any atom is 0.244 e. The number of benzene rings is 2. The highest BCUT2D eigenvalue weighted by Gasteiger charge is 2.27. The molecule has 3 aromatic rings. The molecule has 130 valence electrons. The lowest BCUT2D eigenvalue weighted by atomic mass is 10.1. The number of halogens is 1. The van der Waals surface area contributed by atoms with Crippen molar-refractivity contribution < 1.29 is 8.42 Å². The van der Waals surface area contributed by atoms with Crippen LogP contribution in [0.5, 0.6) is 0 Å². The van der Waals surface area contributed by atoms with Crippen LogP contribution in [0.3, 0.4) is 0 Å². The SMILES string of the molecule is CC(c1ccc(-n2cncn2)cc1)N(C)S(=O)(=O)c1ccccc1Br. The molecule has 1 unspecified atom stereocenters. The lowest BCUT2D eigenvalue weighted by molar-refractivity contribution is 0.398. The molecule has 0 spiro atoms. The fourth-order valence-corrected chi connectivity index (χ4v) is 4.79. The van der Waals surface area contributed by atoms with Gasteiger partial charge in [-0.1, -0.05) is 24.3 Å². The number of hydrogen-bond donors (Lipinski definition) is 0. The summed E-state index contributed by atoms with van der Waals surface area (Å²) in [6.45, 7) is 1.86. The molecule has 0 saturated heterocycles. The Kier molecular flexibility index (Phi) is 5.03. The Balaban J connectivity index is 1.87. The van der Waals surface area contributed by atoms with Crippen molar-refractivity contribution in [2.45, 2.75) is 17.9 Å². The van der Waals surface area contributed by atoms with Gasteiger partial charge >= 0.3 is 0 Å². The number of nitrogens with zero attached hydrogens (tertiary/aromatic N) is 4. The fourth-order valence-electron chi connectivity index (χ4n) is 2.47. The molecule has 1 atom stereocenters. The highest BCUT2D eigenvalue weighted by atomic mass is 79.9. The second-order valence-corrected chi connectivity index (χ2v) is 8.38. The number of aromatic nitrogens is 3. The minimum atomic E-state index is -3.61. The van der Waals surface area contributed by atoms with Crippen LogP contribution in [0.1, 0.15) is 18.5 Å². The largest absolute Gasteiger partial charge is 0.244 e. The van der Waals surface area contributed by atoms with Gasteiger partial charge < -0.3 is 0 Å². The normalized spacial score (nSPS) is 13.1. The molecule has 0 amide bonds. The van der Waals surface area contributed by atoms with Gasteiger partial charge in [0, 0.05) is 17.6 Å². The molecule has 0 radical (unpaired) electrons. The first-order valence-corrected chi connectivity index (χ1v) is 9.82. The zero-order valence-corrected chi connectivity index (χ0v) is 16.1. The van der Waals surface area contributed by atoms with E-state index in [-0.39, 0.29) is 10.9 Å². The molecule has 0 aliphatic heterocycles. The molecule has 3 rings (SSSR count). The average molecular weight is 421 g/mol. The molecule has 6 nitrogen and oxygen atoms in total. The maximum atomic E-state index is 12.9.